The van der Waals surface area contributed by atoms with Crippen molar-refractivity contribution in [3.8, 4) is 0 Å². The number of hydrogen-bond acceptors (Lipinski definition) is 5. The minimum atomic E-state index is -1.19. The van der Waals surface area contributed by atoms with Gasteiger partial charge in [0.25, 0.3) is 5.91 Å². The Balaban J connectivity index is 1.63. The molecular formula is C28H30N4O4. The van der Waals surface area contributed by atoms with Crippen molar-refractivity contribution >= 4 is 34.5 Å². The molecule has 1 atom stereocenters. The van der Waals surface area contributed by atoms with Gasteiger partial charge in [-0.1, -0.05) is 54.6 Å². The molecule has 0 radical (unpaired) electrons. The monoisotopic (exact) mass is 486 g/mol. The molecule has 3 amide bonds. The first kappa shape index (κ1) is 24.9. The van der Waals surface area contributed by atoms with Gasteiger partial charge in [0.15, 0.2) is 0 Å². The van der Waals surface area contributed by atoms with Crippen LogP contribution in [0.2, 0.25) is 0 Å². The molecule has 1 heterocycles. The smallest absolute Gasteiger partial charge is 0.328 e. The lowest BCUT2D eigenvalue weighted by Crippen LogP contribution is -2.44. The number of carbonyl (C=O) groups excluding carboxylic acids is 3. The number of ether oxygens (including phenoxy) is 1. The minimum Gasteiger partial charge on any atom is -0.466 e. The summed E-state index contributed by atoms with van der Waals surface area (Å²) in [4.78, 5) is 42.0. The highest BCUT2D eigenvalue weighted by molar-refractivity contribution is 6.07. The van der Waals surface area contributed by atoms with E-state index in [4.69, 9.17) is 15.9 Å². The van der Waals surface area contributed by atoms with Crippen LogP contribution < -0.4 is 5.73 Å². The van der Waals surface area contributed by atoms with Gasteiger partial charge in [-0.25, -0.2) is 4.79 Å². The summed E-state index contributed by atoms with van der Waals surface area (Å²) in [7, 11) is 0. The van der Waals surface area contributed by atoms with Gasteiger partial charge in [-0.3, -0.25) is 19.9 Å². The molecule has 1 aliphatic rings. The molecule has 3 aromatic rings. The van der Waals surface area contributed by atoms with E-state index in [1.54, 1.807) is 24.8 Å². The number of nitrogens with zero attached hydrogens (tertiary/aromatic N) is 2. The average molecular weight is 487 g/mol. The molecule has 186 valence electrons. The number of nitrogen functional groups attached to an aromatic ring is 1. The Morgan fingerprint density at radius 1 is 1.03 bits per heavy atom. The highest BCUT2D eigenvalue weighted by Crippen LogP contribution is 2.38. The molecule has 4 rings (SSSR count). The summed E-state index contributed by atoms with van der Waals surface area (Å²) in [6.07, 6.45) is 0.553. The molecule has 1 saturated heterocycles. The van der Waals surface area contributed by atoms with Crippen LogP contribution in [-0.4, -0.2) is 46.7 Å². The maximum absolute atomic E-state index is 13.8. The number of benzene rings is 3. The van der Waals surface area contributed by atoms with E-state index in [-0.39, 0.29) is 37.2 Å². The topological polar surface area (TPSA) is 117 Å². The van der Waals surface area contributed by atoms with Gasteiger partial charge in [-0.2, -0.15) is 0 Å². The number of hydrogen-bond donors (Lipinski definition) is 2. The Morgan fingerprint density at radius 3 is 2.44 bits per heavy atom. The highest BCUT2D eigenvalue weighted by atomic mass is 16.5. The highest BCUT2D eigenvalue weighted by Gasteiger charge is 2.54. The predicted octanol–water partition coefficient (Wildman–Crippen LogP) is 4.15. The number of imide groups is 1. The van der Waals surface area contributed by atoms with E-state index in [2.05, 4.69) is 0 Å². The lowest BCUT2D eigenvalue weighted by Gasteiger charge is -2.32. The van der Waals surface area contributed by atoms with Crippen LogP contribution >= 0.6 is 0 Å². The van der Waals surface area contributed by atoms with Crippen LogP contribution in [0.3, 0.4) is 0 Å². The number of urea groups is 1. The summed E-state index contributed by atoms with van der Waals surface area (Å²) in [6, 6.07) is 20.1. The second-order valence-electron chi connectivity index (χ2n) is 8.98. The molecule has 0 spiro atoms. The van der Waals surface area contributed by atoms with E-state index in [9.17, 15) is 14.4 Å². The molecule has 0 aromatic heterocycles. The van der Waals surface area contributed by atoms with Crippen molar-refractivity contribution in [2.45, 2.75) is 38.8 Å². The molecule has 1 fully saturated rings. The molecular weight excluding hydrogens is 456 g/mol. The fourth-order valence-electron chi connectivity index (χ4n) is 4.66. The summed E-state index contributed by atoms with van der Waals surface area (Å²) in [5.74, 6) is -0.661. The second-order valence-corrected chi connectivity index (χ2v) is 8.98. The van der Waals surface area contributed by atoms with Gasteiger partial charge in [0.2, 0.25) is 0 Å². The first-order valence-electron chi connectivity index (χ1n) is 12.0. The summed E-state index contributed by atoms with van der Waals surface area (Å²) < 4.78 is 5.01. The molecule has 1 unspecified atom stereocenters. The number of rotatable bonds is 9. The van der Waals surface area contributed by atoms with Crippen LogP contribution in [0.25, 0.3) is 10.8 Å². The zero-order valence-corrected chi connectivity index (χ0v) is 20.5. The third-order valence-electron chi connectivity index (χ3n) is 6.62. The third kappa shape index (κ3) is 4.66. The van der Waals surface area contributed by atoms with E-state index < -0.39 is 11.6 Å². The number of fused-ring (bicyclic) bond motifs is 1. The maximum Gasteiger partial charge on any atom is 0.328 e. The number of amides is 3. The Hall–Kier alpha value is -4.20. The Kier molecular flexibility index (Phi) is 7.05. The van der Waals surface area contributed by atoms with Gasteiger partial charge in [-0.15, -0.1) is 0 Å². The van der Waals surface area contributed by atoms with Crippen molar-refractivity contribution in [1.29, 1.82) is 5.41 Å². The molecule has 36 heavy (non-hydrogen) atoms. The molecule has 3 N–H and O–H groups in total. The van der Waals surface area contributed by atoms with E-state index in [1.165, 1.54) is 4.90 Å². The number of amidine groups is 1. The minimum absolute atomic E-state index is 0.0238. The standard InChI is InChI=1S/C28H30N4O4/c1-3-36-24(33)10-7-15-32-27(35)31(26(34)28(32,2)23-8-5-4-6-9-23)18-19-11-12-20-13-14-21(25(29)30)17-22(20)16-19/h4-6,8-9,11-14,16-17H,3,7,10,15,18H2,1-2H3,(H3,29,30). The first-order valence-corrected chi connectivity index (χ1v) is 12.0. The van der Waals surface area contributed by atoms with Crippen molar-refractivity contribution in [3.63, 3.8) is 0 Å². The number of nitrogens with one attached hydrogen (secondary N) is 1. The Morgan fingerprint density at radius 2 is 1.75 bits per heavy atom. The van der Waals surface area contributed by atoms with Crippen LogP contribution in [-0.2, 0) is 26.4 Å². The zero-order valence-electron chi connectivity index (χ0n) is 20.5. The van der Waals surface area contributed by atoms with Crippen molar-refractivity contribution in [1.82, 2.24) is 9.80 Å². The number of esters is 1. The van der Waals surface area contributed by atoms with Gasteiger partial charge in [-0.05, 0) is 54.3 Å². The zero-order chi connectivity index (χ0) is 25.9. The van der Waals surface area contributed by atoms with Gasteiger partial charge >= 0.3 is 12.0 Å². The van der Waals surface area contributed by atoms with Crippen LogP contribution in [0.1, 0.15) is 43.4 Å². The quantitative estimate of drug-likeness (QED) is 0.204. The molecule has 0 saturated carbocycles. The first-order chi connectivity index (χ1) is 17.3. The van der Waals surface area contributed by atoms with Crippen LogP contribution in [0.4, 0.5) is 4.79 Å². The normalized spacial score (nSPS) is 17.6. The number of nitrogens with two attached hydrogens (primary N) is 1. The lowest BCUT2D eigenvalue weighted by atomic mass is 9.90. The van der Waals surface area contributed by atoms with Crippen molar-refractivity contribution in [2.75, 3.05) is 13.2 Å². The number of carbonyl (C=O) groups is 3. The summed E-state index contributed by atoms with van der Waals surface area (Å²) in [5, 5.41) is 9.54. The lowest BCUT2D eigenvalue weighted by molar-refractivity contribution is -0.143. The summed E-state index contributed by atoms with van der Waals surface area (Å²) >= 11 is 0. The fourth-order valence-corrected chi connectivity index (χ4v) is 4.66. The third-order valence-corrected chi connectivity index (χ3v) is 6.62. The SMILES string of the molecule is CCOC(=O)CCCN1C(=O)N(Cc2ccc3ccc(C(=N)N)cc3c2)C(=O)C1(C)c1ccccc1. The molecule has 8 nitrogen and oxygen atoms in total. The molecule has 8 heteroatoms. The van der Waals surface area contributed by atoms with Crippen LogP contribution in [0.15, 0.2) is 66.7 Å². The Bertz CT molecular complexity index is 1320. The Labute approximate surface area is 210 Å². The van der Waals surface area contributed by atoms with Gasteiger partial charge in [0.1, 0.15) is 11.4 Å². The van der Waals surface area contributed by atoms with Crippen LogP contribution in [0.5, 0.6) is 0 Å². The van der Waals surface area contributed by atoms with E-state index in [1.807, 2.05) is 60.7 Å². The maximum atomic E-state index is 13.8. The van der Waals surface area contributed by atoms with Crippen molar-refractivity contribution in [3.05, 3.63) is 83.4 Å². The van der Waals surface area contributed by atoms with E-state index in [0.29, 0.717) is 24.2 Å². The summed E-state index contributed by atoms with van der Waals surface area (Å²) in [5.41, 5.74) is 6.56. The molecule has 0 aliphatic carbocycles. The average Bonchev–Trinajstić information content (AvgIpc) is 3.05. The summed E-state index contributed by atoms with van der Waals surface area (Å²) in [6.45, 7) is 4.15. The molecule has 1 aliphatic heterocycles. The largest absolute Gasteiger partial charge is 0.466 e. The van der Waals surface area contributed by atoms with Crippen molar-refractivity contribution < 1.29 is 19.1 Å². The second kappa shape index (κ2) is 10.2. The van der Waals surface area contributed by atoms with E-state index >= 15 is 0 Å². The van der Waals surface area contributed by atoms with Gasteiger partial charge in [0.05, 0.1) is 13.2 Å². The molecule has 3 aromatic carbocycles. The van der Waals surface area contributed by atoms with Gasteiger partial charge in [0, 0.05) is 18.5 Å². The van der Waals surface area contributed by atoms with Gasteiger partial charge < -0.3 is 15.4 Å². The van der Waals surface area contributed by atoms with Crippen molar-refractivity contribution in [2.24, 2.45) is 5.73 Å². The fraction of sp³-hybridized carbons (Fsp3) is 0.286. The predicted molar refractivity (Wildman–Crippen MR) is 137 cm³/mol. The van der Waals surface area contributed by atoms with E-state index in [0.717, 1.165) is 16.3 Å². The van der Waals surface area contributed by atoms with Crippen LogP contribution in [0, 0.1) is 5.41 Å². The molecule has 0 bridgehead atoms.